The lowest BCUT2D eigenvalue weighted by atomic mass is 9.94. The standard InChI is InChI=1S/C22H22Cl3N5O2/c1-13-26-12-30(29-13)19-8-6-15(11-20(19)31-2)21-27-28-22(32-21)16(4-3-9-23)14-5-7-17(24)18(25)10-14/h5-8,10-12,16,21,27H,3-4,9H2,1-2H3. The zero-order valence-electron chi connectivity index (χ0n) is 17.6. The summed E-state index contributed by atoms with van der Waals surface area (Å²) in [6.07, 6.45) is 2.77. The van der Waals surface area contributed by atoms with Crippen LogP contribution in [0.25, 0.3) is 5.69 Å². The van der Waals surface area contributed by atoms with Crippen LogP contribution < -0.4 is 10.2 Å². The third kappa shape index (κ3) is 4.80. The van der Waals surface area contributed by atoms with Gasteiger partial charge in [0.2, 0.25) is 12.1 Å². The third-order valence-electron chi connectivity index (χ3n) is 5.16. The number of nitrogens with one attached hydrogen (secondary N) is 1. The van der Waals surface area contributed by atoms with Gasteiger partial charge in [0.15, 0.2) is 0 Å². The average molecular weight is 495 g/mol. The predicted molar refractivity (Wildman–Crippen MR) is 126 cm³/mol. The normalized spacial score (nSPS) is 16.3. The lowest BCUT2D eigenvalue weighted by Crippen LogP contribution is -2.16. The number of hydrazone groups is 1. The van der Waals surface area contributed by atoms with Crippen LogP contribution in [0.5, 0.6) is 5.75 Å². The Labute approximate surface area is 201 Å². The molecule has 0 aliphatic carbocycles. The Bertz CT molecular complexity index is 1130. The van der Waals surface area contributed by atoms with Gasteiger partial charge in [0, 0.05) is 11.4 Å². The molecular formula is C22H22Cl3N5O2. The first-order valence-corrected chi connectivity index (χ1v) is 11.4. The fourth-order valence-corrected chi connectivity index (χ4v) is 4.01. The van der Waals surface area contributed by atoms with E-state index in [1.807, 2.05) is 37.3 Å². The Morgan fingerprint density at radius 1 is 1.19 bits per heavy atom. The minimum atomic E-state index is -0.452. The second-order valence-electron chi connectivity index (χ2n) is 7.30. The molecule has 0 fully saturated rings. The van der Waals surface area contributed by atoms with Gasteiger partial charge in [-0.1, -0.05) is 35.3 Å². The van der Waals surface area contributed by atoms with Crippen molar-refractivity contribution in [1.29, 1.82) is 0 Å². The van der Waals surface area contributed by atoms with Gasteiger partial charge in [0.05, 0.1) is 23.1 Å². The van der Waals surface area contributed by atoms with E-state index in [-0.39, 0.29) is 5.92 Å². The van der Waals surface area contributed by atoms with Gasteiger partial charge in [0.25, 0.3) is 0 Å². The van der Waals surface area contributed by atoms with Gasteiger partial charge < -0.3 is 9.47 Å². The summed E-state index contributed by atoms with van der Waals surface area (Å²) in [5, 5.41) is 9.82. The summed E-state index contributed by atoms with van der Waals surface area (Å²) >= 11 is 18.3. The molecule has 2 aromatic carbocycles. The highest BCUT2D eigenvalue weighted by Gasteiger charge is 2.29. The Morgan fingerprint density at radius 2 is 2.03 bits per heavy atom. The van der Waals surface area contributed by atoms with Crippen LogP contribution >= 0.6 is 34.8 Å². The molecule has 0 saturated carbocycles. The SMILES string of the molecule is COc1cc(C2NN=C(C(CCCCl)c3ccc(Cl)c(Cl)c3)O2)ccc1-n1cnc(C)n1. The zero-order chi connectivity index (χ0) is 22.7. The number of hydrogen-bond donors (Lipinski definition) is 1. The Morgan fingerprint density at radius 3 is 2.72 bits per heavy atom. The van der Waals surface area contributed by atoms with Crippen molar-refractivity contribution in [2.45, 2.75) is 31.9 Å². The molecule has 2 atom stereocenters. The van der Waals surface area contributed by atoms with Gasteiger partial charge in [0.1, 0.15) is 23.6 Å². The number of alkyl halides is 1. The molecule has 0 saturated heterocycles. The molecule has 3 aromatic rings. The second kappa shape index (κ2) is 9.98. The average Bonchev–Trinajstić information content (AvgIpc) is 3.45. The molecule has 1 aromatic heterocycles. The van der Waals surface area contributed by atoms with E-state index in [2.05, 4.69) is 20.6 Å². The van der Waals surface area contributed by atoms with Crippen molar-refractivity contribution < 1.29 is 9.47 Å². The number of methoxy groups -OCH3 is 1. The van der Waals surface area contributed by atoms with Gasteiger partial charge in [-0.05, 0) is 49.6 Å². The smallest absolute Gasteiger partial charge is 0.215 e. The summed E-state index contributed by atoms with van der Waals surface area (Å²) in [5.41, 5.74) is 5.70. The number of halogens is 3. The first-order valence-electron chi connectivity index (χ1n) is 10.1. The van der Waals surface area contributed by atoms with Crippen molar-refractivity contribution in [1.82, 2.24) is 20.2 Å². The molecule has 1 aliphatic rings. The van der Waals surface area contributed by atoms with Crippen LogP contribution in [0.1, 0.15) is 41.9 Å². The van der Waals surface area contributed by atoms with Gasteiger partial charge in [-0.25, -0.2) is 9.67 Å². The van der Waals surface area contributed by atoms with E-state index in [0.29, 0.717) is 33.4 Å². The fourth-order valence-electron chi connectivity index (χ4n) is 3.55. The molecule has 0 radical (unpaired) electrons. The van der Waals surface area contributed by atoms with E-state index in [0.717, 1.165) is 29.7 Å². The lowest BCUT2D eigenvalue weighted by molar-refractivity contribution is 0.183. The fraction of sp³-hybridized carbons (Fsp3) is 0.318. The first kappa shape index (κ1) is 22.7. The van der Waals surface area contributed by atoms with Crippen molar-refractivity contribution in [3.63, 3.8) is 0 Å². The van der Waals surface area contributed by atoms with Gasteiger partial charge in [-0.3, -0.25) is 5.43 Å². The molecule has 0 bridgehead atoms. The number of ether oxygens (including phenoxy) is 2. The lowest BCUT2D eigenvalue weighted by Gasteiger charge is -2.19. The van der Waals surface area contributed by atoms with E-state index in [4.69, 9.17) is 44.3 Å². The predicted octanol–water partition coefficient (Wildman–Crippen LogP) is 5.63. The Balaban J connectivity index is 1.56. The van der Waals surface area contributed by atoms with Gasteiger partial charge >= 0.3 is 0 Å². The summed E-state index contributed by atoms with van der Waals surface area (Å²) in [4.78, 5) is 4.18. The molecule has 1 aliphatic heterocycles. The summed E-state index contributed by atoms with van der Waals surface area (Å²) < 4.78 is 13.5. The zero-order valence-corrected chi connectivity index (χ0v) is 19.8. The Kier molecular flexibility index (Phi) is 7.08. The van der Waals surface area contributed by atoms with E-state index in [1.165, 1.54) is 0 Å². The van der Waals surface area contributed by atoms with Gasteiger partial charge in [-0.15, -0.1) is 16.7 Å². The number of rotatable bonds is 8. The van der Waals surface area contributed by atoms with Crippen LogP contribution in [0.15, 0.2) is 47.8 Å². The van der Waals surface area contributed by atoms with E-state index in [9.17, 15) is 0 Å². The molecule has 32 heavy (non-hydrogen) atoms. The van der Waals surface area contributed by atoms with Crippen LogP contribution in [-0.2, 0) is 4.74 Å². The molecule has 168 valence electrons. The third-order valence-corrected chi connectivity index (χ3v) is 6.17. The van der Waals surface area contributed by atoms with Crippen LogP contribution in [0.4, 0.5) is 0 Å². The van der Waals surface area contributed by atoms with E-state index < -0.39 is 6.23 Å². The molecular weight excluding hydrogens is 473 g/mol. The summed E-state index contributed by atoms with van der Waals surface area (Å²) in [5.74, 6) is 2.35. The van der Waals surface area contributed by atoms with Gasteiger partial charge in [-0.2, -0.15) is 5.10 Å². The minimum absolute atomic E-state index is 0.0969. The monoisotopic (exact) mass is 493 g/mol. The summed E-state index contributed by atoms with van der Waals surface area (Å²) in [7, 11) is 1.61. The molecule has 1 N–H and O–H groups in total. The summed E-state index contributed by atoms with van der Waals surface area (Å²) in [6.45, 7) is 1.83. The maximum absolute atomic E-state index is 6.24. The first-order chi connectivity index (χ1) is 15.5. The summed E-state index contributed by atoms with van der Waals surface area (Å²) in [6, 6.07) is 11.3. The highest BCUT2D eigenvalue weighted by Crippen LogP contribution is 2.34. The van der Waals surface area contributed by atoms with Crippen molar-refractivity contribution in [2.75, 3.05) is 13.0 Å². The molecule has 2 heterocycles. The largest absolute Gasteiger partial charge is 0.494 e. The molecule has 0 amide bonds. The van der Waals surface area contributed by atoms with Crippen LogP contribution in [0.3, 0.4) is 0 Å². The van der Waals surface area contributed by atoms with Crippen molar-refractivity contribution in [2.24, 2.45) is 5.10 Å². The molecule has 2 unspecified atom stereocenters. The molecule has 0 spiro atoms. The van der Waals surface area contributed by atoms with Crippen molar-refractivity contribution >= 4 is 40.7 Å². The molecule has 7 nitrogen and oxygen atoms in total. The number of hydrogen-bond acceptors (Lipinski definition) is 6. The number of aromatic nitrogens is 3. The highest BCUT2D eigenvalue weighted by atomic mass is 35.5. The quantitative estimate of drug-likeness (QED) is 0.411. The Hall–Kier alpha value is -2.48. The second-order valence-corrected chi connectivity index (χ2v) is 8.49. The molecule has 10 heteroatoms. The number of nitrogens with zero attached hydrogens (tertiary/aromatic N) is 4. The maximum Gasteiger partial charge on any atom is 0.215 e. The van der Waals surface area contributed by atoms with Crippen LogP contribution in [0, 0.1) is 6.92 Å². The number of benzene rings is 2. The molecule has 4 rings (SSSR count). The van der Waals surface area contributed by atoms with E-state index >= 15 is 0 Å². The van der Waals surface area contributed by atoms with E-state index in [1.54, 1.807) is 24.2 Å². The van der Waals surface area contributed by atoms with Crippen LogP contribution in [-0.4, -0.2) is 33.7 Å². The maximum atomic E-state index is 6.24. The van der Waals surface area contributed by atoms with Crippen LogP contribution in [0.2, 0.25) is 10.0 Å². The topological polar surface area (TPSA) is 73.6 Å². The highest BCUT2D eigenvalue weighted by molar-refractivity contribution is 6.42. The minimum Gasteiger partial charge on any atom is -0.494 e. The number of aryl methyl sites for hydroxylation is 1. The van der Waals surface area contributed by atoms with Crippen molar-refractivity contribution in [3.8, 4) is 11.4 Å². The van der Waals surface area contributed by atoms with Crippen molar-refractivity contribution in [3.05, 3.63) is 69.7 Å².